The van der Waals surface area contributed by atoms with Crippen molar-refractivity contribution in [3.05, 3.63) is 93.7 Å². The van der Waals surface area contributed by atoms with Crippen LogP contribution in [0.1, 0.15) is 48.7 Å². The quantitative estimate of drug-likeness (QED) is 0.348. The summed E-state index contributed by atoms with van der Waals surface area (Å²) in [6.07, 6.45) is 5.43. The summed E-state index contributed by atoms with van der Waals surface area (Å²) in [5, 5.41) is 7.62. The third-order valence-corrected chi connectivity index (χ3v) is 6.25. The molecule has 1 aliphatic carbocycles. The van der Waals surface area contributed by atoms with E-state index in [-0.39, 0.29) is 17.2 Å². The summed E-state index contributed by atoms with van der Waals surface area (Å²) in [5.41, 5.74) is 2.82. The van der Waals surface area contributed by atoms with Crippen LogP contribution in [0.15, 0.2) is 53.7 Å². The van der Waals surface area contributed by atoms with Crippen molar-refractivity contribution in [3.63, 3.8) is 0 Å². The first-order valence-electron chi connectivity index (χ1n) is 11.5. The average Bonchev–Trinajstić information content (AvgIpc) is 3.63. The van der Waals surface area contributed by atoms with E-state index in [1.165, 1.54) is 4.68 Å². The lowest BCUT2D eigenvalue weighted by Gasteiger charge is -2.18. The Hall–Kier alpha value is -4.08. The number of nitrogens with one attached hydrogen (secondary N) is 1. The highest BCUT2D eigenvalue weighted by molar-refractivity contribution is 5.65. The Balaban J connectivity index is 1.53. The lowest BCUT2D eigenvalue weighted by atomic mass is 10.1. The molecule has 2 heterocycles. The fraction of sp³-hybridized carbons (Fsp3) is 0.269. The molecule has 0 spiro atoms. The normalized spacial score (nSPS) is 14.1. The maximum Gasteiger partial charge on any atom is 0.291 e. The topological polar surface area (TPSA) is 74.0 Å². The number of imidazole rings is 1. The van der Waals surface area contributed by atoms with E-state index < -0.39 is 29.1 Å². The van der Waals surface area contributed by atoms with Crippen molar-refractivity contribution in [2.75, 3.05) is 12.4 Å². The summed E-state index contributed by atoms with van der Waals surface area (Å²) in [7, 11) is 1.56. The highest BCUT2D eigenvalue weighted by Gasteiger charge is 2.28. The Labute approximate surface area is 205 Å². The summed E-state index contributed by atoms with van der Waals surface area (Å²) in [6, 6.07) is 8.06. The van der Waals surface area contributed by atoms with E-state index in [9.17, 15) is 18.0 Å². The Morgan fingerprint density at radius 2 is 1.83 bits per heavy atom. The molecule has 0 aliphatic heterocycles. The molecule has 2 aromatic carbocycles. The predicted octanol–water partition coefficient (Wildman–Crippen LogP) is 5.39. The minimum Gasteiger partial charge on any atom is -0.494 e. The summed E-state index contributed by atoms with van der Waals surface area (Å²) >= 11 is 0. The van der Waals surface area contributed by atoms with E-state index >= 15 is 0 Å². The molecule has 36 heavy (non-hydrogen) atoms. The molecule has 0 radical (unpaired) electrons. The fourth-order valence-electron chi connectivity index (χ4n) is 4.10. The zero-order valence-corrected chi connectivity index (χ0v) is 19.9. The van der Waals surface area contributed by atoms with Gasteiger partial charge in [0.25, 0.3) is 5.56 Å². The molecule has 10 heteroatoms. The molecule has 1 fully saturated rings. The van der Waals surface area contributed by atoms with Crippen LogP contribution in [0.4, 0.5) is 24.5 Å². The van der Waals surface area contributed by atoms with Crippen LogP contribution in [0.2, 0.25) is 0 Å². The van der Waals surface area contributed by atoms with E-state index in [1.807, 2.05) is 29.8 Å². The molecule has 0 bridgehead atoms. The highest BCUT2D eigenvalue weighted by Crippen LogP contribution is 2.39. The van der Waals surface area contributed by atoms with Gasteiger partial charge in [0.15, 0.2) is 17.5 Å². The summed E-state index contributed by atoms with van der Waals surface area (Å²) in [6.45, 7) is 3.48. The van der Waals surface area contributed by atoms with Gasteiger partial charge in [-0.1, -0.05) is 0 Å². The Morgan fingerprint density at radius 1 is 1.11 bits per heavy atom. The number of hydrogen-bond donors (Lipinski definition) is 1. The van der Waals surface area contributed by atoms with Crippen molar-refractivity contribution in [2.45, 2.75) is 38.6 Å². The predicted molar refractivity (Wildman–Crippen MR) is 129 cm³/mol. The molecular formula is C26H24F3N5O2. The third kappa shape index (κ3) is 4.46. The Kier molecular flexibility index (Phi) is 6.03. The minimum absolute atomic E-state index is 0.0987. The maximum atomic E-state index is 13.9. The van der Waals surface area contributed by atoms with Crippen LogP contribution >= 0.6 is 0 Å². The lowest BCUT2D eigenvalue weighted by molar-refractivity contribution is 0.413. The first-order chi connectivity index (χ1) is 17.2. The smallest absolute Gasteiger partial charge is 0.291 e. The number of ether oxygens (including phenoxy) is 1. The summed E-state index contributed by atoms with van der Waals surface area (Å²) < 4.78 is 49.8. The van der Waals surface area contributed by atoms with Crippen molar-refractivity contribution in [1.29, 1.82) is 0 Å². The van der Waals surface area contributed by atoms with Gasteiger partial charge in [0.05, 0.1) is 36.6 Å². The molecule has 7 nitrogen and oxygen atoms in total. The second kappa shape index (κ2) is 9.18. The lowest BCUT2D eigenvalue weighted by Crippen LogP contribution is -2.29. The average molecular weight is 496 g/mol. The number of benzene rings is 2. The minimum atomic E-state index is -1.55. The molecule has 1 aliphatic rings. The number of aryl methyl sites for hydroxylation is 1. The van der Waals surface area contributed by atoms with Gasteiger partial charge in [0.1, 0.15) is 11.4 Å². The van der Waals surface area contributed by atoms with Gasteiger partial charge < -0.3 is 14.6 Å². The van der Waals surface area contributed by atoms with Crippen LogP contribution in [-0.4, -0.2) is 26.4 Å². The van der Waals surface area contributed by atoms with Gasteiger partial charge in [-0.25, -0.2) is 22.8 Å². The number of methoxy groups -OCH3 is 1. The molecule has 2 aromatic heterocycles. The zero-order valence-electron chi connectivity index (χ0n) is 19.9. The number of rotatable bonds is 7. The second-order valence-electron chi connectivity index (χ2n) is 8.92. The molecule has 0 unspecified atom stereocenters. The Morgan fingerprint density at radius 3 is 2.44 bits per heavy atom. The van der Waals surface area contributed by atoms with E-state index in [4.69, 9.17) is 4.74 Å². The first kappa shape index (κ1) is 23.7. The third-order valence-electron chi connectivity index (χ3n) is 6.25. The van der Waals surface area contributed by atoms with Gasteiger partial charge in [0.2, 0.25) is 0 Å². The van der Waals surface area contributed by atoms with E-state index in [0.29, 0.717) is 17.1 Å². The molecule has 0 amide bonds. The molecule has 1 N–H and O–H groups in total. The van der Waals surface area contributed by atoms with E-state index in [0.717, 1.165) is 36.4 Å². The molecule has 5 rings (SSSR count). The van der Waals surface area contributed by atoms with Crippen molar-refractivity contribution in [1.82, 2.24) is 19.3 Å². The van der Waals surface area contributed by atoms with Gasteiger partial charge in [0, 0.05) is 23.9 Å². The van der Waals surface area contributed by atoms with Crippen molar-refractivity contribution >= 4 is 11.4 Å². The number of nitrogens with zero attached hydrogens (tertiary/aromatic N) is 4. The van der Waals surface area contributed by atoms with Crippen LogP contribution in [-0.2, 0) is 0 Å². The van der Waals surface area contributed by atoms with E-state index in [2.05, 4.69) is 15.4 Å². The highest BCUT2D eigenvalue weighted by atomic mass is 19.2. The number of hydrogen-bond acceptors (Lipinski definition) is 5. The van der Waals surface area contributed by atoms with Gasteiger partial charge >= 0.3 is 0 Å². The molecule has 186 valence electrons. The van der Waals surface area contributed by atoms with Crippen LogP contribution in [0.25, 0.3) is 5.69 Å². The largest absolute Gasteiger partial charge is 0.494 e. The number of anilines is 2. The fourth-order valence-corrected chi connectivity index (χ4v) is 4.10. The van der Waals surface area contributed by atoms with Crippen LogP contribution in [0.5, 0.6) is 5.75 Å². The Bertz CT molecular complexity index is 1490. The van der Waals surface area contributed by atoms with Crippen LogP contribution < -0.4 is 15.6 Å². The SMILES string of the molecule is COc1cc(Nc2cc(C3CC3)nn([C@@H](C)c3cc(F)c(F)c(F)c3)c2=O)ccc1-n1cnc(C)c1. The monoisotopic (exact) mass is 495 g/mol. The van der Waals surface area contributed by atoms with Crippen molar-refractivity contribution in [2.24, 2.45) is 0 Å². The number of aromatic nitrogens is 4. The van der Waals surface area contributed by atoms with Gasteiger partial charge in [-0.05, 0) is 62.6 Å². The van der Waals surface area contributed by atoms with E-state index in [1.54, 1.807) is 32.5 Å². The van der Waals surface area contributed by atoms with Gasteiger partial charge in [-0.2, -0.15) is 5.10 Å². The molecule has 1 saturated carbocycles. The van der Waals surface area contributed by atoms with Crippen molar-refractivity contribution in [3.8, 4) is 11.4 Å². The molecule has 4 aromatic rings. The molecule has 1 atom stereocenters. The van der Waals surface area contributed by atoms with Crippen LogP contribution in [0.3, 0.4) is 0 Å². The molecule has 0 saturated heterocycles. The summed E-state index contributed by atoms with van der Waals surface area (Å²) in [5.74, 6) is -3.42. The first-order valence-corrected chi connectivity index (χ1v) is 11.5. The second-order valence-corrected chi connectivity index (χ2v) is 8.92. The van der Waals surface area contributed by atoms with Gasteiger partial charge in [-0.15, -0.1) is 0 Å². The maximum absolute atomic E-state index is 13.9. The number of halogens is 3. The zero-order chi connectivity index (χ0) is 25.6. The van der Waals surface area contributed by atoms with Gasteiger partial charge in [-0.3, -0.25) is 4.79 Å². The van der Waals surface area contributed by atoms with Crippen LogP contribution in [0, 0.1) is 24.4 Å². The molecular weight excluding hydrogens is 471 g/mol. The summed E-state index contributed by atoms with van der Waals surface area (Å²) in [4.78, 5) is 17.6. The van der Waals surface area contributed by atoms with Crippen molar-refractivity contribution < 1.29 is 17.9 Å². The standard InChI is InChI=1S/C26H24F3N5O2/c1-14-12-33(13-30-14)23-7-6-18(10-24(23)36-3)31-22-11-21(16-4-5-16)32-34(26(22)35)15(2)17-8-19(27)25(29)20(28)9-17/h6-13,15-16,31H,4-5H2,1-3H3/t15-/m0/s1.